The lowest BCUT2D eigenvalue weighted by atomic mass is 9.99. The minimum atomic E-state index is 0.0228. The first-order valence-corrected chi connectivity index (χ1v) is 6.90. The summed E-state index contributed by atoms with van der Waals surface area (Å²) in [5, 5.41) is 4.95. The SMILES string of the molecule is CNC(=O)Cc1ccc(-c2cncc3ccccc23)cc1. The number of pyridine rings is 1. The van der Waals surface area contributed by atoms with Crippen LogP contribution in [-0.2, 0) is 11.2 Å². The molecule has 0 radical (unpaired) electrons. The third-order valence-electron chi connectivity index (χ3n) is 3.58. The second kappa shape index (κ2) is 5.75. The average molecular weight is 276 g/mol. The summed E-state index contributed by atoms with van der Waals surface area (Å²) in [5.41, 5.74) is 3.23. The topological polar surface area (TPSA) is 42.0 Å². The molecule has 0 saturated heterocycles. The molecule has 2 aromatic carbocycles. The number of hydrogen-bond acceptors (Lipinski definition) is 2. The number of carbonyl (C=O) groups excluding carboxylic acids is 1. The van der Waals surface area contributed by atoms with Gasteiger partial charge in [0.2, 0.25) is 5.91 Å². The predicted octanol–water partition coefficient (Wildman–Crippen LogP) is 3.19. The Bertz CT molecular complexity index is 773. The zero-order valence-electron chi connectivity index (χ0n) is 11.8. The molecule has 0 fully saturated rings. The Morgan fingerprint density at radius 2 is 1.81 bits per heavy atom. The van der Waals surface area contributed by atoms with Crippen molar-refractivity contribution in [2.45, 2.75) is 6.42 Å². The van der Waals surface area contributed by atoms with Gasteiger partial charge in [0.05, 0.1) is 6.42 Å². The molecule has 3 aromatic rings. The number of nitrogens with zero attached hydrogens (tertiary/aromatic N) is 1. The molecular weight excluding hydrogens is 260 g/mol. The number of fused-ring (bicyclic) bond motifs is 1. The van der Waals surface area contributed by atoms with E-state index in [0.29, 0.717) is 6.42 Å². The molecular formula is C18H16N2O. The van der Waals surface area contributed by atoms with E-state index in [-0.39, 0.29) is 5.91 Å². The summed E-state index contributed by atoms with van der Waals surface area (Å²) in [6, 6.07) is 16.3. The number of rotatable bonds is 3. The summed E-state index contributed by atoms with van der Waals surface area (Å²) in [6.45, 7) is 0. The molecule has 0 unspecified atom stereocenters. The molecule has 3 rings (SSSR count). The molecule has 0 aliphatic rings. The first kappa shape index (κ1) is 13.3. The van der Waals surface area contributed by atoms with Crippen LogP contribution in [0.5, 0.6) is 0 Å². The van der Waals surface area contributed by atoms with E-state index in [9.17, 15) is 4.79 Å². The zero-order chi connectivity index (χ0) is 14.7. The van der Waals surface area contributed by atoms with Crippen LogP contribution in [-0.4, -0.2) is 17.9 Å². The van der Waals surface area contributed by atoms with Gasteiger partial charge in [-0.1, -0.05) is 48.5 Å². The van der Waals surface area contributed by atoms with Crippen LogP contribution in [0, 0.1) is 0 Å². The summed E-state index contributed by atoms with van der Waals surface area (Å²) < 4.78 is 0. The van der Waals surface area contributed by atoms with Crippen LogP contribution in [0.1, 0.15) is 5.56 Å². The van der Waals surface area contributed by atoms with Gasteiger partial charge < -0.3 is 5.32 Å². The minimum Gasteiger partial charge on any atom is -0.359 e. The molecule has 1 amide bonds. The second-order valence-electron chi connectivity index (χ2n) is 4.96. The molecule has 0 spiro atoms. The van der Waals surface area contributed by atoms with Crippen LogP contribution < -0.4 is 5.32 Å². The van der Waals surface area contributed by atoms with Gasteiger partial charge in [0.25, 0.3) is 0 Å². The quantitative estimate of drug-likeness (QED) is 0.798. The van der Waals surface area contributed by atoms with Gasteiger partial charge in [-0.25, -0.2) is 0 Å². The van der Waals surface area contributed by atoms with Crippen molar-refractivity contribution in [3.8, 4) is 11.1 Å². The lowest BCUT2D eigenvalue weighted by Gasteiger charge is -2.07. The van der Waals surface area contributed by atoms with Crippen LogP contribution in [0.15, 0.2) is 60.9 Å². The Morgan fingerprint density at radius 3 is 2.57 bits per heavy atom. The van der Waals surface area contributed by atoms with Crippen LogP contribution in [0.3, 0.4) is 0 Å². The number of amides is 1. The number of nitrogens with one attached hydrogen (secondary N) is 1. The lowest BCUT2D eigenvalue weighted by Crippen LogP contribution is -2.19. The van der Waals surface area contributed by atoms with Crippen LogP contribution >= 0.6 is 0 Å². The van der Waals surface area contributed by atoms with Gasteiger partial charge in [-0.3, -0.25) is 9.78 Å². The van der Waals surface area contributed by atoms with E-state index in [0.717, 1.165) is 22.1 Å². The molecule has 104 valence electrons. The van der Waals surface area contributed by atoms with Gasteiger partial charge in [0, 0.05) is 30.4 Å². The molecule has 0 saturated carbocycles. The maximum absolute atomic E-state index is 11.4. The normalized spacial score (nSPS) is 10.5. The Kier molecular flexibility index (Phi) is 3.65. The first-order chi connectivity index (χ1) is 10.3. The lowest BCUT2D eigenvalue weighted by molar-refractivity contribution is -0.119. The van der Waals surface area contributed by atoms with Crippen molar-refractivity contribution in [1.29, 1.82) is 0 Å². The first-order valence-electron chi connectivity index (χ1n) is 6.90. The fraction of sp³-hybridized carbons (Fsp3) is 0.111. The van der Waals surface area contributed by atoms with Crippen LogP contribution in [0.25, 0.3) is 21.9 Å². The maximum Gasteiger partial charge on any atom is 0.224 e. The number of benzene rings is 2. The van der Waals surface area contributed by atoms with E-state index in [4.69, 9.17) is 0 Å². The van der Waals surface area contributed by atoms with E-state index >= 15 is 0 Å². The highest BCUT2D eigenvalue weighted by Gasteiger charge is 2.05. The van der Waals surface area contributed by atoms with Gasteiger partial charge in [0.1, 0.15) is 0 Å². The molecule has 3 nitrogen and oxygen atoms in total. The van der Waals surface area contributed by atoms with Crippen molar-refractivity contribution in [3.63, 3.8) is 0 Å². The zero-order valence-corrected chi connectivity index (χ0v) is 11.8. The van der Waals surface area contributed by atoms with Gasteiger partial charge in [-0.15, -0.1) is 0 Å². The van der Waals surface area contributed by atoms with Crippen molar-refractivity contribution in [2.75, 3.05) is 7.05 Å². The van der Waals surface area contributed by atoms with Crippen molar-refractivity contribution in [1.82, 2.24) is 10.3 Å². The van der Waals surface area contributed by atoms with Gasteiger partial charge in [0.15, 0.2) is 0 Å². The summed E-state index contributed by atoms with van der Waals surface area (Å²) in [4.78, 5) is 15.7. The van der Waals surface area contributed by atoms with Crippen LogP contribution in [0.4, 0.5) is 0 Å². The van der Waals surface area contributed by atoms with Gasteiger partial charge >= 0.3 is 0 Å². The fourth-order valence-corrected chi connectivity index (χ4v) is 2.42. The van der Waals surface area contributed by atoms with Gasteiger partial charge in [-0.2, -0.15) is 0 Å². The number of carbonyl (C=O) groups is 1. The highest BCUT2D eigenvalue weighted by atomic mass is 16.1. The molecule has 0 bridgehead atoms. The van der Waals surface area contributed by atoms with E-state index in [1.807, 2.05) is 48.8 Å². The minimum absolute atomic E-state index is 0.0228. The summed E-state index contributed by atoms with van der Waals surface area (Å²) >= 11 is 0. The standard InChI is InChI=1S/C18H16N2O/c1-19-18(21)10-13-6-8-14(9-7-13)17-12-20-11-15-4-2-3-5-16(15)17/h2-9,11-12H,10H2,1H3,(H,19,21). The van der Waals surface area contributed by atoms with E-state index in [1.54, 1.807) is 7.05 Å². The van der Waals surface area contributed by atoms with Gasteiger partial charge in [-0.05, 0) is 16.5 Å². The summed E-state index contributed by atoms with van der Waals surface area (Å²) in [6.07, 6.45) is 4.17. The molecule has 0 aliphatic heterocycles. The molecule has 1 N–H and O–H groups in total. The average Bonchev–Trinajstić information content (AvgIpc) is 2.55. The van der Waals surface area contributed by atoms with E-state index in [2.05, 4.69) is 22.4 Å². The van der Waals surface area contributed by atoms with E-state index < -0.39 is 0 Å². The molecule has 1 aromatic heterocycles. The highest BCUT2D eigenvalue weighted by Crippen LogP contribution is 2.27. The van der Waals surface area contributed by atoms with Crippen molar-refractivity contribution in [3.05, 3.63) is 66.5 Å². The largest absolute Gasteiger partial charge is 0.359 e. The van der Waals surface area contributed by atoms with Crippen molar-refractivity contribution >= 4 is 16.7 Å². The smallest absolute Gasteiger partial charge is 0.224 e. The fourth-order valence-electron chi connectivity index (χ4n) is 2.42. The number of hydrogen-bond donors (Lipinski definition) is 1. The van der Waals surface area contributed by atoms with Crippen LogP contribution in [0.2, 0.25) is 0 Å². The van der Waals surface area contributed by atoms with E-state index in [1.165, 1.54) is 5.39 Å². The Labute approximate surface area is 123 Å². The Hall–Kier alpha value is -2.68. The Balaban J connectivity index is 1.98. The molecule has 0 atom stereocenters. The third-order valence-corrected chi connectivity index (χ3v) is 3.58. The highest BCUT2D eigenvalue weighted by molar-refractivity contribution is 5.95. The van der Waals surface area contributed by atoms with Crippen molar-refractivity contribution in [2.24, 2.45) is 0 Å². The number of aromatic nitrogens is 1. The summed E-state index contributed by atoms with van der Waals surface area (Å²) in [7, 11) is 1.65. The molecule has 21 heavy (non-hydrogen) atoms. The number of likely N-dealkylation sites (N-methyl/N-ethyl adjacent to an activating group) is 1. The maximum atomic E-state index is 11.4. The molecule has 3 heteroatoms. The Morgan fingerprint density at radius 1 is 1.05 bits per heavy atom. The predicted molar refractivity (Wildman–Crippen MR) is 84.9 cm³/mol. The summed E-state index contributed by atoms with van der Waals surface area (Å²) in [5.74, 6) is 0.0228. The van der Waals surface area contributed by atoms with Crippen molar-refractivity contribution < 1.29 is 4.79 Å². The monoisotopic (exact) mass is 276 g/mol. The second-order valence-corrected chi connectivity index (χ2v) is 4.96. The molecule has 1 heterocycles. The molecule has 0 aliphatic carbocycles. The third kappa shape index (κ3) is 2.77.